The standard InChI is InChI=1S/C31H29F3N6O4/c1-35-25(19-6-3-2-4-7-19)20-10-14-39(15-11-20)28(42)27(41)23-18-36-26-22(23)8-5-9-24(26)38-30(44)37-21-12-16-40(17-13-21)29(43)31(32,33)34/h2-9,18,21,36H,10-17H2,(H2,37,38,44). The molecule has 1 aromatic heterocycles. The van der Waals surface area contributed by atoms with E-state index in [2.05, 4.69) is 20.5 Å². The second-order valence-corrected chi connectivity index (χ2v) is 10.6. The van der Waals surface area contributed by atoms with Crippen LogP contribution in [0.2, 0.25) is 0 Å². The van der Waals surface area contributed by atoms with Crippen molar-refractivity contribution >= 4 is 45.9 Å². The van der Waals surface area contributed by atoms with Gasteiger partial charge in [0.15, 0.2) is 5.70 Å². The van der Waals surface area contributed by atoms with Crippen molar-refractivity contribution in [3.63, 3.8) is 0 Å². The number of Topliss-reactive ketones (excluding diaryl/α,β-unsaturated/α-hetero) is 1. The number of aromatic amines is 1. The van der Waals surface area contributed by atoms with Crippen molar-refractivity contribution < 1.29 is 32.3 Å². The van der Waals surface area contributed by atoms with Crippen LogP contribution in [0, 0.1) is 6.57 Å². The second kappa shape index (κ2) is 12.6. The van der Waals surface area contributed by atoms with Crippen molar-refractivity contribution in [2.75, 3.05) is 31.5 Å². The molecule has 0 spiro atoms. The molecule has 2 fully saturated rings. The monoisotopic (exact) mass is 606 g/mol. The molecule has 4 amide bonds. The van der Waals surface area contributed by atoms with Gasteiger partial charge in [-0.25, -0.2) is 9.64 Å². The fourth-order valence-electron chi connectivity index (χ4n) is 5.62. The van der Waals surface area contributed by atoms with Crippen LogP contribution in [-0.4, -0.2) is 76.8 Å². The van der Waals surface area contributed by atoms with E-state index in [0.717, 1.165) is 16.0 Å². The van der Waals surface area contributed by atoms with Gasteiger partial charge >= 0.3 is 18.1 Å². The number of H-pyrrole nitrogens is 1. The molecule has 0 atom stereocenters. The Labute approximate surface area is 250 Å². The molecule has 0 bridgehead atoms. The maximum absolute atomic E-state index is 13.3. The van der Waals surface area contributed by atoms with Crippen LogP contribution in [-0.2, 0) is 9.59 Å². The lowest BCUT2D eigenvalue weighted by Gasteiger charge is -2.32. The van der Waals surface area contributed by atoms with Gasteiger partial charge < -0.3 is 25.4 Å². The molecule has 44 heavy (non-hydrogen) atoms. The summed E-state index contributed by atoms with van der Waals surface area (Å²) in [5.41, 5.74) is 3.28. The zero-order valence-corrected chi connectivity index (χ0v) is 23.5. The molecule has 3 N–H and O–H groups in total. The van der Waals surface area contributed by atoms with Gasteiger partial charge in [-0.2, -0.15) is 13.2 Å². The first kappa shape index (κ1) is 30.3. The molecule has 2 aliphatic heterocycles. The molecule has 3 aromatic rings. The number of carbonyl (C=O) groups excluding carboxylic acids is 4. The molecule has 13 heteroatoms. The highest BCUT2D eigenvalue weighted by molar-refractivity contribution is 6.45. The van der Waals surface area contributed by atoms with Crippen molar-refractivity contribution in [3.8, 4) is 0 Å². The highest BCUT2D eigenvalue weighted by atomic mass is 19.4. The smallest absolute Gasteiger partial charge is 0.359 e. The Kier molecular flexibility index (Phi) is 8.71. The van der Waals surface area contributed by atoms with Crippen LogP contribution in [0.3, 0.4) is 0 Å². The Bertz CT molecular complexity index is 1660. The fourth-order valence-corrected chi connectivity index (χ4v) is 5.62. The second-order valence-electron chi connectivity index (χ2n) is 10.6. The minimum Gasteiger partial charge on any atom is -0.359 e. The fraction of sp³-hybridized carbons (Fsp3) is 0.323. The molecule has 0 aliphatic carbocycles. The highest BCUT2D eigenvalue weighted by Gasteiger charge is 2.43. The predicted molar refractivity (Wildman–Crippen MR) is 156 cm³/mol. The van der Waals surface area contributed by atoms with Crippen LogP contribution in [0.1, 0.15) is 41.6 Å². The Morgan fingerprint density at radius 3 is 2.23 bits per heavy atom. The molecule has 2 aromatic carbocycles. The number of carbonyl (C=O) groups is 4. The summed E-state index contributed by atoms with van der Waals surface area (Å²) < 4.78 is 38.0. The van der Waals surface area contributed by atoms with Gasteiger partial charge in [0.05, 0.1) is 23.3 Å². The number of urea groups is 1. The Balaban J connectivity index is 1.20. The number of halogens is 3. The molecule has 2 saturated heterocycles. The number of hydrogen-bond donors (Lipinski definition) is 3. The summed E-state index contributed by atoms with van der Waals surface area (Å²) in [5, 5.41) is 5.85. The molecule has 10 nitrogen and oxygen atoms in total. The summed E-state index contributed by atoms with van der Waals surface area (Å²) in [6.45, 7) is 7.99. The van der Waals surface area contributed by atoms with E-state index in [9.17, 15) is 32.3 Å². The number of hydrogen-bond acceptors (Lipinski definition) is 4. The van der Waals surface area contributed by atoms with Gasteiger partial charge in [-0.1, -0.05) is 48.0 Å². The lowest BCUT2D eigenvalue weighted by Crippen LogP contribution is -2.50. The number of ketones is 1. The maximum Gasteiger partial charge on any atom is 0.471 e. The SMILES string of the molecule is [C-]#[N+]C(=C1CCN(C(=O)C(=O)c2c[nH]c3c(NC(=O)NC4CCN(C(=O)C(F)(F)F)CC4)cccc23)CC1)c1ccccc1. The van der Waals surface area contributed by atoms with E-state index in [1.807, 2.05) is 30.3 Å². The summed E-state index contributed by atoms with van der Waals surface area (Å²) in [4.78, 5) is 59.5. The number of likely N-dealkylation sites (tertiary alicyclic amines) is 2. The average molecular weight is 607 g/mol. The van der Waals surface area contributed by atoms with Gasteiger partial charge in [-0.05, 0) is 37.3 Å². The number of amides is 4. The van der Waals surface area contributed by atoms with Crippen LogP contribution < -0.4 is 10.6 Å². The summed E-state index contributed by atoms with van der Waals surface area (Å²) in [7, 11) is 0. The molecular formula is C31H29F3N6O4. The molecule has 3 heterocycles. The normalized spacial score (nSPS) is 15.9. The number of piperidine rings is 2. The number of para-hydroxylation sites is 1. The van der Waals surface area contributed by atoms with Crippen LogP contribution in [0.15, 0.2) is 60.3 Å². The topological polar surface area (TPSA) is 119 Å². The van der Waals surface area contributed by atoms with Gasteiger partial charge in [0.25, 0.3) is 11.7 Å². The van der Waals surface area contributed by atoms with E-state index in [1.54, 1.807) is 18.2 Å². The zero-order chi connectivity index (χ0) is 31.4. The van der Waals surface area contributed by atoms with E-state index in [-0.39, 0.29) is 31.5 Å². The Hall–Kier alpha value is -5.12. The van der Waals surface area contributed by atoms with E-state index in [0.29, 0.717) is 48.2 Å². The number of aromatic nitrogens is 1. The van der Waals surface area contributed by atoms with E-state index >= 15 is 0 Å². The van der Waals surface area contributed by atoms with E-state index < -0.39 is 35.8 Å². The molecule has 228 valence electrons. The molecule has 0 saturated carbocycles. The van der Waals surface area contributed by atoms with Crippen LogP contribution in [0.25, 0.3) is 21.4 Å². The third kappa shape index (κ3) is 6.44. The lowest BCUT2D eigenvalue weighted by atomic mass is 9.97. The first-order chi connectivity index (χ1) is 21.1. The summed E-state index contributed by atoms with van der Waals surface area (Å²) >= 11 is 0. The summed E-state index contributed by atoms with van der Waals surface area (Å²) in [6.07, 6.45) is -2.20. The van der Waals surface area contributed by atoms with E-state index in [1.165, 1.54) is 11.1 Å². The maximum atomic E-state index is 13.3. The first-order valence-corrected chi connectivity index (χ1v) is 14.1. The minimum absolute atomic E-state index is 0.128. The van der Waals surface area contributed by atoms with Crippen LogP contribution in [0.4, 0.5) is 23.7 Å². The number of nitrogens with zero attached hydrogens (tertiary/aromatic N) is 3. The molecule has 5 rings (SSSR count). The quantitative estimate of drug-likeness (QED) is 0.216. The third-order valence-corrected chi connectivity index (χ3v) is 7.91. The van der Waals surface area contributed by atoms with Crippen molar-refractivity contribution in [1.82, 2.24) is 20.1 Å². The van der Waals surface area contributed by atoms with Gasteiger partial charge in [0.2, 0.25) is 0 Å². The number of anilines is 1. The minimum atomic E-state index is -4.93. The molecular weight excluding hydrogens is 577 g/mol. The number of benzene rings is 2. The summed E-state index contributed by atoms with van der Waals surface area (Å²) in [5.74, 6) is -3.23. The molecule has 2 aliphatic rings. The van der Waals surface area contributed by atoms with Crippen molar-refractivity contribution in [3.05, 3.63) is 82.8 Å². The van der Waals surface area contributed by atoms with Gasteiger partial charge in [-0.3, -0.25) is 14.4 Å². The Morgan fingerprint density at radius 1 is 0.909 bits per heavy atom. The molecule has 0 unspecified atom stereocenters. The predicted octanol–water partition coefficient (Wildman–Crippen LogP) is 4.98. The number of nitrogens with one attached hydrogen (secondary N) is 3. The van der Waals surface area contributed by atoms with Crippen molar-refractivity contribution in [1.29, 1.82) is 0 Å². The van der Waals surface area contributed by atoms with Crippen molar-refractivity contribution in [2.45, 2.75) is 37.9 Å². The largest absolute Gasteiger partial charge is 0.471 e. The average Bonchev–Trinajstić information content (AvgIpc) is 3.46. The Morgan fingerprint density at radius 2 is 1.59 bits per heavy atom. The lowest BCUT2D eigenvalue weighted by molar-refractivity contribution is -0.186. The van der Waals surface area contributed by atoms with Gasteiger partial charge in [-0.15, -0.1) is 0 Å². The van der Waals surface area contributed by atoms with E-state index in [4.69, 9.17) is 6.57 Å². The van der Waals surface area contributed by atoms with Gasteiger partial charge in [0, 0.05) is 43.8 Å². The number of fused-ring (bicyclic) bond motifs is 1. The van der Waals surface area contributed by atoms with Crippen LogP contribution in [0.5, 0.6) is 0 Å². The number of rotatable bonds is 5. The van der Waals surface area contributed by atoms with Gasteiger partial charge in [0.1, 0.15) is 0 Å². The third-order valence-electron chi connectivity index (χ3n) is 7.91. The van der Waals surface area contributed by atoms with Crippen molar-refractivity contribution in [2.24, 2.45) is 0 Å². The zero-order valence-electron chi connectivity index (χ0n) is 23.5. The van der Waals surface area contributed by atoms with Crippen LogP contribution >= 0.6 is 0 Å². The summed E-state index contributed by atoms with van der Waals surface area (Å²) in [6, 6.07) is 13.2. The first-order valence-electron chi connectivity index (χ1n) is 14.1. The number of alkyl halides is 3. The molecule has 0 radical (unpaired) electrons. The highest BCUT2D eigenvalue weighted by Crippen LogP contribution is 2.30.